The summed E-state index contributed by atoms with van der Waals surface area (Å²) in [6, 6.07) is 12.4. The van der Waals surface area contributed by atoms with Gasteiger partial charge >= 0.3 is 0 Å². The molecule has 34 heavy (non-hydrogen) atoms. The number of benzene rings is 1. The van der Waals surface area contributed by atoms with Crippen LogP contribution >= 0.6 is 0 Å². The van der Waals surface area contributed by atoms with Gasteiger partial charge in [-0.2, -0.15) is 5.10 Å². The lowest BCUT2D eigenvalue weighted by Crippen LogP contribution is -2.35. The van der Waals surface area contributed by atoms with Crippen LogP contribution in [-0.2, 0) is 11.8 Å². The predicted molar refractivity (Wildman–Crippen MR) is 130 cm³/mol. The number of rotatable bonds is 8. The Morgan fingerprint density at radius 2 is 1.82 bits per heavy atom. The van der Waals surface area contributed by atoms with Gasteiger partial charge in [0, 0.05) is 43.3 Å². The Hall–Kier alpha value is -3.91. The molecule has 0 bridgehead atoms. The van der Waals surface area contributed by atoms with E-state index in [1.165, 1.54) is 17.8 Å². The van der Waals surface area contributed by atoms with Gasteiger partial charge < -0.3 is 10.6 Å². The molecule has 0 aliphatic carbocycles. The lowest BCUT2D eigenvalue weighted by atomic mass is 9.99. The Balaban J connectivity index is 1.49. The number of hydrogen-bond donors (Lipinski definition) is 2. The molecule has 0 saturated heterocycles. The van der Waals surface area contributed by atoms with E-state index in [-0.39, 0.29) is 11.8 Å². The number of nitrogens with zero attached hydrogens (tertiary/aromatic N) is 4. The number of carbonyl (C=O) groups excluding carboxylic acids is 1. The monoisotopic (exact) mass is 458 g/mol. The first kappa shape index (κ1) is 23.3. The van der Waals surface area contributed by atoms with Crippen molar-refractivity contribution in [1.82, 2.24) is 25.1 Å². The lowest BCUT2D eigenvalue weighted by molar-refractivity contribution is -0.118. The Kier molecular flexibility index (Phi) is 7.08. The quantitative estimate of drug-likeness (QED) is 0.409. The third-order valence-electron chi connectivity index (χ3n) is 5.65. The first-order valence-electron chi connectivity index (χ1n) is 11.1. The molecule has 8 heteroatoms. The molecule has 0 saturated carbocycles. The number of carbonyl (C=O) groups is 1. The third kappa shape index (κ3) is 5.71. The van der Waals surface area contributed by atoms with E-state index in [4.69, 9.17) is 0 Å². The van der Waals surface area contributed by atoms with Crippen molar-refractivity contribution < 1.29 is 9.18 Å². The van der Waals surface area contributed by atoms with E-state index >= 15 is 0 Å². The largest absolute Gasteiger partial charge is 0.309 e. The summed E-state index contributed by atoms with van der Waals surface area (Å²) < 4.78 is 15.6. The molecule has 174 valence electrons. The average Bonchev–Trinajstić information content (AvgIpc) is 3.26. The molecule has 4 rings (SSSR count). The van der Waals surface area contributed by atoms with Crippen LogP contribution in [0.15, 0.2) is 73.4 Å². The Morgan fingerprint density at radius 3 is 2.47 bits per heavy atom. The summed E-state index contributed by atoms with van der Waals surface area (Å²) in [5, 5.41) is 10.3. The van der Waals surface area contributed by atoms with Gasteiger partial charge in [-0.15, -0.1) is 0 Å². The maximum absolute atomic E-state index is 13.9. The van der Waals surface area contributed by atoms with Gasteiger partial charge in [0.05, 0.1) is 12.4 Å². The molecule has 0 aliphatic rings. The molecule has 4 aromatic rings. The molecule has 0 aliphatic heterocycles. The van der Waals surface area contributed by atoms with Crippen LogP contribution in [0.25, 0.3) is 11.1 Å². The maximum atomic E-state index is 13.9. The van der Waals surface area contributed by atoms with Crippen molar-refractivity contribution in [2.45, 2.75) is 25.8 Å². The van der Waals surface area contributed by atoms with Crippen molar-refractivity contribution in [2.24, 2.45) is 7.05 Å². The van der Waals surface area contributed by atoms with Crippen LogP contribution in [0.2, 0.25) is 0 Å². The lowest BCUT2D eigenvalue weighted by Gasteiger charge is -2.21. The van der Waals surface area contributed by atoms with Crippen LogP contribution in [0, 0.1) is 12.7 Å². The van der Waals surface area contributed by atoms with Crippen molar-refractivity contribution in [2.75, 3.05) is 11.9 Å². The molecule has 1 amide bonds. The van der Waals surface area contributed by atoms with Gasteiger partial charge in [-0.1, -0.05) is 36.8 Å². The summed E-state index contributed by atoms with van der Waals surface area (Å²) in [5.74, 6) is -0.289. The van der Waals surface area contributed by atoms with Gasteiger partial charge in [0.1, 0.15) is 17.7 Å². The number of hydrogen-bond acceptors (Lipinski definition) is 5. The van der Waals surface area contributed by atoms with E-state index in [0.29, 0.717) is 17.9 Å². The van der Waals surface area contributed by atoms with Gasteiger partial charge in [0.25, 0.3) is 0 Å². The molecule has 0 radical (unpaired) electrons. The summed E-state index contributed by atoms with van der Waals surface area (Å²) in [6.07, 6.45) is 7.93. The second-order valence-corrected chi connectivity index (χ2v) is 8.41. The molecule has 2 atom stereocenters. The van der Waals surface area contributed by atoms with Crippen molar-refractivity contribution >= 4 is 11.7 Å². The van der Waals surface area contributed by atoms with Crippen LogP contribution in [0.4, 0.5) is 10.2 Å². The number of aromatic nitrogens is 4. The van der Waals surface area contributed by atoms with Crippen LogP contribution in [0.3, 0.4) is 0 Å². The number of amides is 1. The fourth-order valence-corrected chi connectivity index (χ4v) is 3.66. The van der Waals surface area contributed by atoms with E-state index in [1.807, 2.05) is 26.2 Å². The summed E-state index contributed by atoms with van der Waals surface area (Å²) in [5.41, 5.74) is 4.61. The van der Waals surface area contributed by atoms with Crippen molar-refractivity contribution in [3.8, 4) is 11.1 Å². The Labute approximate surface area is 198 Å². The topological polar surface area (TPSA) is 84.7 Å². The highest BCUT2D eigenvalue weighted by molar-refractivity contribution is 5.94. The standard InChI is InChI=1S/C26H27FN6O/c1-17-4-6-19(7-5-17)18(2)11-30-25(21-10-23(27)15-28-12-21)26(34)32-24-9-8-20(13-29-24)22-14-31-33(3)16-22/h4-10,12-16,18,25,30H,11H2,1-3H3,(H,29,32,34)/t18?,25-/m0/s1. The first-order valence-corrected chi connectivity index (χ1v) is 11.1. The predicted octanol–water partition coefficient (Wildman–Crippen LogP) is 4.40. The van der Waals surface area contributed by atoms with Crippen LogP contribution < -0.4 is 10.6 Å². The number of anilines is 1. The Morgan fingerprint density at radius 1 is 1.03 bits per heavy atom. The molecule has 1 aromatic carbocycles. The van der Waals surface area contributed by atoms with Gasteiger partial charge in [0.15, 0.2) is 0 Å². The van der Waals surface area contributed by atoms with E-state index in [0.717, 1.165) is 22.9 Å². The molecular formula is C26H27FN6O. The summed E-state index contributed by atoms with van der Waals surface area (Å²) in [7, 11) is 1.85. The molecule has 3 aromatic heterocycles. The minimum absolute atomic E-state index is 0.148. The van der Waals surface area contributed by atoms with Crippen LogP contribution in [0.1, 0.15) is 35.6 Å². The van der Waals surface area contributed by atoms with Crippen LogP contribution in [0.5, 0.6) is 0 Å². The molecule has 0 fully saturated rings. The maximum Gasteiger partial charge on any atom is 0.247 e. The molecular weight excluding hydrogens is 431 g/mol. The zero-order chi connectivity index (χ0) is 24.1. The highest BCUT2D eigenvalue weighted by Gasteiger charge is 2.23. The normalized spacial score (nSPS) is 12.8. The molecule has 2 N–H and O–H groups in total. The van der Waals surface area contributed by atoms with E-state index in [1.54, 1.807) is 23.1 Å². The zero-order valence-corrected chi connectivity index (χ0v) is 19.4. The summed E-state index contributed by atoms with van der Waals surface area (Å²) in [4.78, 5) is 21.5. The number of pyridine rings is 2. The molecule has 3 heterocycles. The molecule has 0 spiro atoms. The highest BCUT2D eigenvalue weighted by Crippen LogP contribution is 2.21. The number of aryl methyl sites for hydroxylation is 2. The van der Waals surface area contributed by atoms with Crippen molar-refractivity contribution in [3.63, 3.8) is 0 Å². The summed E-state index contributed by atoms with van der Waals surface area (Å²) >= 11 is 0. The molecule has 1 unspecified atom stereocenters. The Bertz CT molecular complexity index is 1250. The number of nitrogens with one attached hydrogen (secondary N) is 2. The van der Waals surface area contributed by atoms with E-state index < -0.39 is 11.9 Å². The average molecular weight is 459 g/mol. The molecule has 7 nitrogen and oxygen atoms in total. The highest BCUT2D eigenvalue weighted by atomic mass is 19.1. The number of halogens is 1. The second kappa shape index (κ2) is 10.4. The SMILES string of the molecule is Cc1ccc(C(C)CN[C@H](C(=O)Nc2ccc(-c3cnn(C)c3)cn2)c2cncc(F)c2)cc1. The first-order chi connectivity index (χ1) is 16.4. The van der Waals surface area contributed by atoms with E-state index in [9.17, 15) is 9.18 Å². The van der Waals surface area contributed by atoms with Crippen molar-refractivity contribution in [3.05, 3.63) is 96.0 Å². The minimum atomic E-state index is -0.795. The summed E-state index contributed by atoms with van der Waals surface area (Å²) in [6.45, 7) is 4.64. The zero-order valence-electron chi connectivity index (χ0n) is 19.4. The fourth-order valence-electron chi connectivity index (χ4n) is 3.66. The fraction of sp³-hybridized carbons (Fsp3) is 0.231. The van der Waals surface area contributed by atoms with Gasteiger partial charge in [-0.25, -0.2) is 9.37 Å². The van der Waals surface area contributed by atoms with Crippen molar-refractivity contribution in [1.29, 1.82) is 0 Å². The second-order valence-electron chi connectivity index (χ2n) is 8.41. The third-order valence-corrected chi connectivity index (χ3v) is 5.65. The smallest absolute Gasteiger partial charge is 0.247 e. The van der Waals surface area contributed by atoms with Gasteiger partial charge in [-0.3, -0.25) is 14.5 Å². The van der Waals surface area contributed by atoms with E-state index in [2.05, 4.69) is 56.9 Å². The minimum Gasteiger partial charge on any atom is -0.309 e. The van der Waals surface area contributed by atoms with Gasteiger partial charge in [0.2, 0.25) is 5.91 Å². The van der Waals surface area contributed by atoms with Crippen LogP contribution in [-0.4, -0.2) is 32.2 Å². The van der Waals surface area contributed by atoms with Gasteiger partial charge in [-0.05, 0) is 42.2 Å².